The van der Waals surface area contributed by atoms with Crippen LogP contribution in [0.25, 0.3) is 5.57 Å². The largest absolute Gasteiger partial charge is 0.289 e. The summed E-state index contributed by atoms with van der Waals surface area (Å²) in [5.41, 5.74) is 5.01. The van der Waals surface area contributed by atoms with Gasteiger partial charge in [0.2, 0.25) is 0 Å². The SMILES string of the molecule is C[C@@H]1CC=C(c2ccc3c(c2)C(=O)C2=C(C=CCC2)C3=O)C2(C)CC=C[C@]12C. The van der Waals surface area contributed by atoms with Crippen molar-refractivity contribution >= 4 is 17.1 Å². The van der Waals surface area contributed by atoms with Crippen LogP contribution in [-0.4, -0.2) is 11.6 Å². The molecular formula is C26H26O2. The summed E-state index contributed by atoms with van der Waals surface area (Å²) in [6, 6.07) is 5.91. The fourth-order valence-corrected chi connectivity index (χ4v) is 5.77. The average molecular weight is 370 g/mol. The Morgan fingerprint density at radius 2 is 1.86 bits per heavy atom. The Balaban J connectivity index is 1.63. The van der Waals surface area contributed by atoms with Crippen LogP contribution in [0, 0.1) is 16.7 Å². The zero-order valence-corrected chi connectivity index (χ0v) is 16.8. The first-order valence-corrected chi connectivity index (χ1v) is 10.4. The normalized spacial score (nSPS) is 33.5. The second-order valence-electron chi connectivity index (χ2n) is 9.23. The highest BCUT2D eigenvalue weighted by Crippen LogP contribution is 2.62. The van der Waals surface area contributed by atoms with Crippen molar-refractivity contribution < 1.29 is 9.59 Å². The lowest BCUT2D eigenvalue weighted by Gasteiger charge is -2.50. The topological polar surface area (TPSA) is 34.1 Å². The van der Waals surface area contributed by atoms with Crippen molar-refractivity contribution in [3.05, 3.63) is 76.4 Å². The number of hydrogen-bond donors (Lipinski definition) is 0. The van der Waals surface area contributed by atoms with Gasteiger partial charge < -0.3 is 0 Å². The standard InChI is InChI=1S/C26H26O2/c1-16-9-12-22(26(3)14-6-13-25(16,26)2)17-10-11-20-21(15-17)24(28)19-8-5-4-7-18(19)23(20)27/h4,6-7,10-13,15-16H,5,8-9,14H2,1-3H3/t16-,25-,26?/m1/s1. The Hall–Kier alpha value is -2.48. The molecule has 0 N–H and O–H groups in total. The first kappa shape index (κ1) is 17.6. The van der Waals surface area contributed by atoms with Gasteiger partial charge >= 0.3 is 0 Å². The highest BCUT2D eigenvalue weighted by molar-refractivity contribution is 6.28. The van der Waals surface area contributed by atoms with Crippen LogP contribution < -0.4 is 0 Å². The van der Waals surface area contributed by atoms with Crippen LogP contribution in [0.4, 0.5) is 0 Å². The van der Waals surface area contributed by atoms with Crippen molar-refractivity contribution in [2.24, 2.45) is 16.7 Å². The highest BCUT2D eigenvalue weighted by Gasteiger charge is 2.52. The third kappa shape index (κ3) is 2.09. The Morgan fingerprint density at radius 3 is 2.68 bits per heavy atom. The van der Waals surface area contributed by atoms with E-state index in [9.17, 15) is 9.59 Å². The maximum Gasteiger partial charge on any atom is 0.194 e. The average Bonchev–Trinajstić information content (AvgIpc) is 3.03. The molecule has 5 rings (SSSR count). The van der Waals surface area contributed by atoms with E-state index in [0.29, 0.717) is 34.6 Å². The van der Waals surface area contributed by atoms with Gasteiger partial charge in [0.05, 0.1) is 0 Å². The van der Waals surface area contributed by atoms with Crippen LogP contribution in [0.15, 0.2) is 59.7 Å². The number of hydrogen-bond acceptors (Lipinski definition) is 2. The first-order chi connectivity index (χ1) is 13.4. The van der Waals surface area contributed by atoms with E-state index in [4.69, 9.17) is 0 Å². The second-order valence-corrected chi connectivity index (χ2v) is 9.23. The molecule has 0 heterocycles. The molecule has 0 radical (unpaired) electrons. The molecule has 0 saturated carbocycles. The van der Waals surface area contributed by atoms with Crippen LogP contribution >= 0.6 is 0 Å². The van der Waals surface area contributed by atoms with Gasteiger partial charge in [-0.15, -0.1) is 0 Å². The molecule has 0 fully saturated rings. The summed E-state index contributed by atoms with van der Waals surface area (Å²) in [5, 5.41) is 0. The van der Waals surface area contributed by atoms with Gasteiger partial charge in [0.1, 0.15) is 0 Å². The zero-order chi connectivity index (χ0) is 19.7. The Bertz CT molecular complexity index is 1050. The van der Waals surface area contributed by atoms with E-state index < -0.39 is 0 Å². The van der Waals surface area contributed by atoms with Gasteiger partial charge in [0.25, 0.3) is 0 Å². The summed E-state index contributed by atoms with van der Waals surface area (Å²) in [4.78, 5) is 26.1. The second kappa shape index (κ2) is 5.76. The number of benzene rings is 1. The fraction of sp³-hybridized carbons (Fsp3) is 0.385. The van der Waals surface area contributed by atoms with Gasteiger partial charge in [0, 0.05) is 27.7 Å². The maximum atomic E-state index is 13.2. The predicted octanol–water partition coefficient (Wildman–Crippen LogP) is 6.11. The van der Waals surface area contributed by atoms with Crippen molar-refractivity contribution in [3.8, 4) is 0 Å². The minimum absolute atomic E-state index is 0.00284. The first-order valence-electron chi connectivity index (χ1n) is 10.4. The molecular weight excluding hydrogens is 344 g/mol. The molecule has 1 unspecified atom stereocenters. The lowest BCUT2D eigenvalue weighted by molar-refractivity contribution is 0.0974. The van der Waals surface area contributed by atoms with Gasteiger partial charge in [-0.25, -0.2) is 0 Å². The van der Waals surface area contributed by atoms with E-state index in [-0.39, 0.29) is 22.4 Å². The molecule has 2 heteroatoms. The molecule has 3 atom stereocenters. The third-order valence-corrected chi connectivity index (χ3v) is 7.98. The van der Waals surface area contributed by atoms with Crippen molar-refractivity contribution in [2.75, 3.05) is 0 Å². The summed E-state index contributed by atoms with van der Waals surface area (Å²) in [6.45, 7) is 7.06. The fourth-order valence-electron chi connectivity index (χ4n) is 5.77. The predicted molar refractivity (Wildman–Crippen MR) is 112 cm³/mol. The summed E-state index contributed by atoms with van der Waals surface area (Å²) in [7, 11) is 0. The molecule has 28 heavy (non-hydrogen) atoms. The molecule has 0 aromatic heterocycles. The number of carbonyl (C=O) groups excluding carboxylic acids is 2. The van der Waals surface area contributed by atoms with Crippen molar-refractivity contribution in [1.82, 2.24) is 0 Å². The van der Waals surface area contributed by atoms with E-state index in [2.05, 4.69) is 39.0 Å². The van der Waals surface area contributed by atoms with Crippen molar-refractivity contribution in [1.29, 1.82) is 0 Å². The number of carbonyl (C=O) groups is 2. The highest BCUT2D eigenvalue weighted by atomic mass is 16.1. The van der Waals surface area contributed by atoms with Crippen LogP contribution in [0.3, 0.4) is 0 Å². The summed E-state index contributed by atoms with van der Waals surface area (Å²) in [6.07, 6.45) is 14.4. The number of rotatable bonds is 1. The third-order valence-electron chi connectivity index (χ3n) is 7.98. The molecule has 2 nitrogen and oxygen atoms in total. The van der Waals surface area contributed by atoms with E-state index in [1.54, 1.807) is 0 Å². The lowest BCUT2D eigenvalue weighted by atomic mass is 9.53. The van der Waals surface area contributed by atoms with E-state index in [1.165, 1.54) is 5.57 Å². The quantitative estimate of drug-likeness (QED) is 0.559. The van der Waals surface area contributed by atoms with E-state index in [0.717, 1.165) is 24.8 Å². The van der Waals surface area contributed by atoms with Gasteiger partial charge in [-0.2, -0.15) is 0 Å². The molecule has 1 aromatic carbocycles. The molecule has 142 valence electrons. The maximum absolute atomic E-state index is 13.2. The number of allylic oxidation sites excluding steroid dienone is 8. The van der Waals surface area contributed by atoms with Crippen molar-refractivity contribution in [2.45, 2.75) is 46.5 Å². The summed E-state index contributed by atoms with van der Waals surface area (Å²) < 4.78 is 0. The Kier molecular flexibility index (Phi) is 3.62. The Labute approximate surface area is 166 Å². The molecule has 0 amide bonds. The monoisotopic (exact) mass is 370 g/mol. The van der Waals surface area contributed by atoms with Gasteiger partial charge in [-0.05, 0) is 60.3 Å². The molecule has 0 saturated heterocycles. The van der Waals surface area contributed by atoms with Gasteiger partial charge in [-0.1, -0.05) is 57.2 Å². The smallest absolute Gasteiger partial charge is 0.194 e. The van der Waals surface area contributed by atoms with Gasteiger partial charge in [0.15, 0.2) is 11.6 Å². The lowest BCUT2D eigenvalue weighted by Crippen LogP contribution is -2.41. The zero-order valence-electron chi connectivity index (χ0n) is 16.8. The van der Waals surface area contributed by atoms with Crippen LogP contribution in [0.2, 0.25) is 0 Å². The van der Waals surface area contributed by atoms with E-state index >= 15 is 0 Å². The molecule has 4 aliphatic carbocycles. The molecule has 0 bridgehead atoms. The van der Waals surface area contributed by atoms with Gasteiger partial charge in [-0.3, -0.25) is 9.59 Å². The number of fused-ring (bicyclic) bond motifs is 2. The minimum Gasteiger partial charge on any atom is -0.289 e. The number of ketones is 2. The minimum atomic E-state index is -0.00284. The molecule has 1 aromatic rings. The summed E-state index contributed by atoms with van der Waals surface area (Å²) in [5.74, 6) is 0.623. The van der Waals surface area contributed by atoms with Crippen LogP contribution in [0.1, 0.15) is 72.7 Å². The number of Topliss-reactive ketones (excluding diaryl/α,β-unsaturated/α-hetero) is 2. The molecule has 4 aliphatic rings. The van der Waals surface area contributed by atoms with E-state index in [1.807, 2.05) is 30.4 Å². The van der Waals surface area contributed by atoms with Crippen LogP contribution in [-0.2, 0) is 0 Å². The van der Waals surface area contributed by atoms with Crippen LogP contribution in [0.5, 0.6) is 0 Å². The molecule has 0 aliphatic heterocycles. The molecule has 0 spiro atoms. The summed E-state index contributed by atoms with van der Waals surface area (Å²) >= 11 is 0. The van der Waals surface area contributed by atoms with Crippen molar-refractivity contribution in [3.63, 3.8) is 0 Å². The Morgan fingerprint density at radius 1 is 1.04 bits per heavy atom.